The van der Waals surface area contributed by atoms with Gasteiger partial charge in [0, 0.05) is 7.11 Å². The van der Waals surface area contributed by atoms with Crippen LogP contribution in [0.25, 0.3) is 0 Å². The van der Waals surface area contributed by atoms with Gasteiger partial charge in [-0.25, -0.2) is 4.79 Å². The summed E-state index contributed by atoms with van der Waals surface area (Å²) in [6, 6.07) is 8.35. The van der Waals surface area contributed by atoms with Crippen LogP contribution in [0.15, 0.2) is 30.3 Å². The van der Waals surface area contributed by atoms with Gasteiger partial charge in [-0.05, 0) is 12.1 Å². The van der Waals surface area contributed by atoms with Crippen molar-refractivity contribution < 1.29 is 34.3 Å². The van der Waals surface area contributed by atoms with Gasteiger partial charge in [0.1, 0.15) is 31.0 Å². The Morgan fingerprint density at radius 2 is 1.81 bits per heavy atom. The first-order chi connectivity index (χ1) is 10.0. The molecule has 0 radical (unpaired) electrons. The molecule has 3 N–H and O–H groups in total. The lowest BCUT2D eigenvalue weighted by atomic mass is 9.99. The van der Waals surface area contributed by atoms with Crippen molar-refractivity contribution in [2.75, 3.05) is 13.7 Å². The van der Waals surface area contributed by atoms with Crippen LogP contribution in [0.4, 0.5) is 0 Å². The zero-order valence-corrected chi connectivity index (χ0v) is 11.5. The van der Waals surface area contributed by atoms with Crippen molar-refractivity contribution in [3.05, 3.63) is 35.9 Å². The highest BCUT2D eigenvalue weighted by Gasteiger charge is 2.44. The standard InChI is InChI=1S/C14H18O7/c1-19-14-12(17)11(16)10(15)9(21-14)7-20-13(18)8-5-3-2-4-6-8/h2-6,9-12,14-17H,7H2,1H3/t9-,10-,11+,12-,14-/m0/s1. The molecule has 1 aliphatic rings. The Hall–Kier alpha value is -1.51. The summed E-state index contributed by atoms with van der Waals surface area (Å²) in [5, 5.41) is 29.1. The molecule has 1 aliphatic heterocycles. The summed E-state index contributed by atoms with van der Waals surface area (Å²) in [6.07, 6.45) is -6.27. The van der Waals surface area contributed by atoms with Gasteiger partial charge in [-0.15, -0.1) is 0 Å². The first kappa shape index (κ1) is 15.9. The maximum absolute atomic E-state index is 11.8. The topological polar surface area (TPSA) is 105 Å². The largest absolute Gasteiger partial charge is 0.459 e. The molecule has 1 saturated heterocycles. The summed E-state index contributed by atoms with van der Waals surface area (Å²) in [6.45, 7) is -0.265. The van der Waals surface area contributed by atoms with Gasteiger partial charge in [-0.2, -0.15) is 0 Å². The van der Waals surface area contributed by atoms with E-state index in [1.165, 1.54) is 7.11 Å². The van der Waals surface area contributed by atoms with Crippen molar-refractivity contribution in [3.63, 3.8) is 0 Å². The third-order valence-corrected chi connectivity index (χ3v) is 3.29. The lowest BCUT2D eigenvalue weighted by molar-refractivity contribution is -0.294. The Morgan fingerprint density at radius 3 is 2.43 bits per heavy atom. The number of rotatable bonds is 4. The number of hydrogen-bond donors (Lipinski definition) is 3. The summed E-state index contributed by atoms with van der Waals surface area (Å²) < 4.78 is 15.2. The molecule has 0 aliphatic carbocycles. The van der Waals surface area contributed by atoms with Crippen molar-refractivity contribution in [1.82, 2.24) is 0 Å². The van der Waals surface area contributed by atoms with E-state index >= 15 is 0 Å². The second-order valence-corrected chi connectivity index (χ2v) is 4.71. The van der Waals surface area contributed by atoms with Crippen molar-refractivity contribution in [2.24, 2.45) is 0 Å². The van der Waals surface area contributed by atoms with Crippen LogP contribution in [0.5, 0.6) is 0 Å². The zero-order valence-electron chi connectivity index (χ0n) is 11.5. The SMILES string of the molecule is CO[C@H]1O[C@@H](COC(=O)c2ccccc2)[C@H](O)[C@@H](O)[C@@H]1O. The van der Waals surface area contributed by atoms with E-state index in [4.69, 9.17) is 14.2 Å². The third kappa shape index (κ3) is 3.58. The van der Waals surface area contributed by atoms with Crippen LogP contribution in [-0.4, -0.2) is 65.7 Å². The Morgan fingerprint density at radius 1 is 1.14 bits per heavy atom. The van der Waals surface area contributed by atoms with Crippen LogP contribution in [0, 0.1) is 0 Å². The number of ether oxygens (including phenoxy) is 3. The monoisotopic (exact) mass is 298 g/mol. The minimum Gasteiger partial charge on any atom is -0.459 e. The minimum atomic E-state index is -1.44. The highest BCUT2D eigenvalue weighted by Crippen LogP contribution is 2.22. The fourth-order valence-corrected chi connectivity index (χ4v) is 2.06. The highest BCUT2D eigenvalue weighted by molar-refractivity contribution is 5.89. The van der Waals surface area contributed by atoms with Crippen LogP contribution in [0.2, 0.25) is 0 Å². The van der Waals surface area contributed by atoms with E-state index in [9.17, 15) is 20.1 Å². The summed E-state index contributed by atoms with van der Waals surface area (Å²) in [4.78, 5) is 11.8. The molecule has 116 valence electrons. The molecule has 1 aromatic carbocycles. The van der Waals surface area contributed by atoms with Gasteiger partial charge in [0.25, 0.3) is 0 Å². The molecule has 0 bridgehead atoms. The molecule has 7 heteroatoms. The molecule has 0 saturated carbocycles. The molecule has 1 heterocycles. The number of benzene rings is 1. The average molecular weight is 298 g/mol. The second-order valence-electron chi connectivity index (χ2n) is 4.71. The van der Waals surface area contributed by atoms with Crippen LogP contribution < -0.4 is 0 Å². The number of carbonyl (C=O) groups excluding carboxylic acids is 1. The quantitative estimate of drug-likeness (QED) is 0.631. The zero-order chi connectivity index (χ0) is 15.4. The van der Waals surface area contributed by atoms with Gasteiger partial charge in [-0.3, -0.25) is 0 Å². The second kappa shape index (κ2) is 6.97. The molecular formula is C14H18O7. The molecule has 21 heavy (non-hydrogen) atoms. The fourth-order valence-electron chi connectivity index (χ4n) is 2.06. The number of hydrogen-bond acceptors (Lipinski definition) is 7. The lowest BCUT2D eigenvalue weighted by Gasteiger charge is -2.39. The van der Waals surface area contributed by atoms with Crippen LogP contribution in [0.3, 0.4) is 0 Å². The summed E-state index contributed by atoms with van der Waals surface area (Å²) in [7, 11) is 1.30. The Balaban J connectivity index is 1.94. The summed E-state index contributed by atoms with van der Waals surface area (Å²) in [5.74, 6) is -0.569. The van der Waals surface area contributed by atoms with Gasteiger partial charge in [0.2, 0.25) is 0 Å². The van der Waals surface area contributed by atoms with Crippen molar-refractivity contribution in [3.8, 4) is 0 Å². The maximum Gasteiger partial charge on any atom is 0.338 e. The van der Waals surface area contributed by atoms with E-state index in [1.807, 2.05) is 0 Å². The molecule has 0 spiro atoms. The Kier molecular flexibility index (Phi) is 5.27. The fraction of sp³-hybridized carbons (Fsp3) is 0.500. The molecule has 1 aromatic rings. The van der Waals surface area contributed by atoms with Gasteiger partial charge < -0.3 is 29.5 Å². The Bertz CT molecular complexity index is 462. The summed E-state index contributed by atoms with van der Waals surface area (Å²) in [5.41, 5.74) is 0.367. The van der Waals surface area contributed by atoms with Crippen LogP contribution in [-0.2, 0) is 14.2 Å². The van der Waals surface area contributed by atoms with Gasteiger partial charge >= 0.3 is 5.97 Å². The molecule has 0 aromatic heterocycles. The molecular weight excluding hydrogens is 280 g/mol. The van der Waals surface area contributed by atoms with Gasteiger partial charge in [-0.1, -0.05) is 18.2 Å². The molecule has 0 unspecified atom stereocenters. The van der Waals surface area contributed by atoms with Gasteiger partial charge in [0.15, 0.2) is 6.29 Å². The number of methoxy groups -OCH3 is 1. The molecule has 7 nitrogen and oxygen atoms in total. The minimum absolute atomic E-state index is 0.265. The van der Waals surface area contributed by atoms with Crippen molar-refractivity contribution >= 4 is 5.97 Å². The van der Waals surface area contributed by atoms with Crippen LogP contribution in [0.1, 0.15) is 10.4 Å². The molecule has 1 fully saturated rings. The molecule has 2 rings (SSSR count). The molecule has 0 amide bonds. The number of esters is 1. The average Bonchev–Trinajstić information content (AvgIpc) is 2.52. The van der Waals surface area contributed by atoms with Crippen LogP contribution >= 0.6 is 0 Å². The predicted molar refractivity (Wildman–Crippen MR) is 70.4 cm³/mol. The maximum atomic E-state index is 11.8. The lowest BCUT2D eigenvalue weighted by Crippen LogP contribution is -2.59. The van der Waals surface area contributed by atoms with E-state index in [1.54, 1.807) is 30.3 Å². The smallest absolute Gasteiger partial charge is 0.338 e. The first-order valence-electron chi connectivity index (χ1n) is 6.49. The van der Waals surface area contributed by atoms with E-state index < -0.39 is 36.7 Å². The first-order valence-corrected chi connectivity index (χ1v) is 6.49. The normalized spacial score (nSPS) is 32.7. The summed E-state index contributed by atoms with van der Waals surface area (Å²) >= 11 is 0. The third-order valence-electron chi connectivity index (χ3n) is 3.29. The number of carbonyl (C=O) groups is 1. The molecule has 5 atom stereocenters. The van der Waals surface area contributed by atoms with Crippen molar-refractivity contribution in [2.45, 2.75) is 30.7 Å². The predicted octanol–water partition coefficient (Wildman–Crippen LogP) is -0.703. The van der Waals surface area contributed by atoms with E-state index in [0.29, 0.717) is 5.56 Å². The van der Waals surface area contributed by atoms with Crippen molar-refractivity contribution in [1.29, 1.82) is 0 Å². The van der Waals surface area contributed by atoms with E-state index in [0.717, 1.165) is 0 Å². The van der Waals surface area contributed by atoms with E-state index in [-0.39, 0.29) is 6.61 Å². The Labute approximate surface area is 121 Å². The number of aliphatic hydroxyl groups is 3. The van der Waals surface area contributed by atoms with Gasteiger partial charge in [0.05, 0.1) is 5.56 Å². The number of aliphatic hydroxyl groups excluding tert-OH is 3. The highest BCUT2D eigenvalue weighted by atomic mass is 16.7. The van der Waals surface area contributed by atoms with E-state index in [2.05, 4.69) is 0 Å².